The Kier molecular flexibility index (Phi) is 0.882. The van der Waals surface area contributed by atoms with E-state index in [-0.39, 0.29) is 0 Å². The van der Waals surface area contributed by atoms with Gasteiger partial charge < -0.3 is 0 Å². The molecule has 2 aliphatic rings. The quantitative estimate of drug-likeness (QED) is 0.407. The topological polar surface area (TPSA) is 0 Å². The monoisotopic (exact) mass is 108 g/mol. The first-order valence-electron chi connectivity index (χ1n) is 3.13. The molecule has 0 nitrogen and oxygen atoms in total. The predicted octanol–water partition coefficient (Wildman–Crippen LogP) is 1.09. The molecule has 7 heavy (non-hydrogen) atoms. The van der Waals surface area contributed by atoms with Gasteiger partial charge in [0.15, 0.2) is 0 Å². The summed E-state index contributed by atoms with van der Waals surface area (Å²) in [6, 6.07) is 0. The zero-order valence-electron chi connectivity index (χ0n) is 4.48. The molecule has 1 aliphatic heterocycles. The molecule has 0 aromatic heterocycles. The molecule has 1 fully saturated rings. The van der Waals surface area contributed by atoms with Gasteiger partial charge in [-0.1, -0.05) is 0 Å². The molecule has 36 valence electrons. The number of rotatable bonds is 0. The Balaban J connectivity index is 2.30. The molecule has 1 saturated carbocycles. The van der Waals surface area contributed by atoms with Gasteiger partial charge in [-0.2, -0.15) is 0 Å². The second-order valence-corrected chi connectivity index (χ2v) is 4.40. The van der Waals surface area contributed by atoms with E-state index in [9.17, 15) is 0 Å². The Morgan fingerprint density at radius 2 is 2.57 bits per heavy atom. The SMILES string of the molecule is C1CC2[CH2][Al]=[C]1C2. The summed E-state index contributed by atoms with van der Waals surface area (Å²) in [5.41, 5.74) is 0. The van der Waals surface area contributed by atoms with E-state index in [0.29, 0.717) is 0 Å². The third-order valence-electron chi connectivity index (χ3n) is 2.16. The Hall–Kier alpha value is 0.402. The zero-order chi connectivity index (χ0) is 4.69. The van der Waals surface area contributed by atoms with Crippen LogP contribution in [0.3, 0.4) is 0 Å². The van der Waals surface area contributed by atoms with Crippen LogP contribution in [0.4, 0.5) is 0 Å². The third kappa shape index (κ3) is 0.598. The van der Waals surface area contributed by atoms with Crippen molar-refractivity contribution in [3.8, 4) is 0 Å². The summed E-state index contributed by atoms with van der Waals surface area (Å²) in [5.74, 6) is 1.17. The van der Waals surface area contributed by atoms with Gasteiger partial charge in [-0.05, 0) is 0 Å². The van der Waals surface area contributed by atoms with Crippen LogP contribution in [0.1, 0.15) is 19.3 Å². The summed E-state index contributed by atoms with van der Waals surface area (Å²) in [7, 11) is 0. The van der Waals surface area contributed by atoms with Gasteiger partial charge in [0.05, 0.1) is 0 Å². The van der Waals surface area contributed by atoms with Crippen molar-refractivity contribution in [1.29, 1.82) is 0 Å². The van der Waals surface area contributed by atoms with Gasteiger partial charge >= 0.3 is 49.6 Å². The van der Waals surface area contributed by atoms with Crippen LogP contribution in [0.5, 0.6) is 0 Å². The third-order valence-corrected chi connectivity index (χ3v) is 4.17. The predicted molar refractivity (Wildman–Crippen MR) is 32.9 cm³/mol. The summed E-state index contributed by atoms with van der Waals surface area (Å²) in [4.78, 5) is 0. The molecular weight excluding hydrogens is 99.0 g/mol. The molecule has 2 rings (SSSR count). The molecule has 1 aliphatic carbocycles. The van der Waals surface area contributed by atoms with E-state index < -0.39 is 0 Å². The Morgan fingerprint density at radius 1 is 1.57 bits per heavy atom. The molecule has 0 aromatic rings. The first-order chi connectivity index (χ1) is 3.45. The standard InChI is InChI=1S/C6H9.Al/c1-6-4-2-3-5-6;/h6H,1-2,4-5H2;. The molecule has 0 N–H and O–H groups in total. The van der Waals surface area contributed by atoms with Gasteiger partial charge in [0.25, 0.3) is 0 Å². The molecule has 1 atom stereocenters. The Bertz CT molecular complexity index is 115. The van der Waals surface area contributed by atoms with Gasteiger partial charge in [-0.15, -0.1) is 0 Å². The minimum atomic E-state index is 0.845. The molecule has 1 unspecified atom stereocenters. The summed E-state index contributed by atoms with van der Waals surface area (Å²) >= 11 is 0.845. The average molecular weight is 108 g/mol. The molecule has 0 aromatic carbocycles. The van der Waals surface area contributed by atoms with Crippen molar-refractivity contribution in [3.63, 3.8) is 0 Å². The first kappa shape index (κ1) is 4.30. The molecule has 2 bridgehead atoms. The maximum absolute atomic E-state index is 1.95. The molecule has 0 spiro atoms. The zero-order valence-corrected chi connectivity index (χ0v) is 5.64. The fourth-order valence-electron chi connectivity index (χ4n) is 1.68. The van der Waals surface area contributed by atoms with Crippen LogP contribution in [0, 0.1) is 5.92 Å². The summed E-state index contributed by atoms with van der Waals surface area (Å²) < 4.78 is 1.95. The maximum atomic E-state index is 1.95. The molecule has 0 amide bonds. The van der Waals surface area contributed by atoms with E-state index in [0.717, 1.165) is 14.8 Å². The van der Waals surface area contributed by atoms with Crippen molar-refractivity contribution in [3.05, 3.63) is 0 Å². The second-order valence-electron chi connectivity index (χ2n) is 2.71. The Morgan fingerprint density at radius 3 is 2.71 bits per heavy atom. The Labute approximate surface area is 50.2 Å². The van der Waals surface area contributed by atoms with Crippen molar-refractivity contribution in [2.24, 2.45) is 5.92 Å². The van der Waals surface area contributed by atoms with Gasteiger partial charge in [0.1, 0.15) is 0 Å². The van der Waals surface area contributed by atoms with E-state index in [1.54, 1.807) is 11.7 Å². The van der Waals surface area contributed by atoms with Crippen molar-refractivity contribution in [2.75, 3.05) is 0 Å². The molecule has 1 heterocycles. The van der Waals surface area contributed by atoms with Crippen LogP contribution >= 0.6 is 0 Å². The number of hydrogen-bond donors (Lipinski definition) is 0. The van der Waals surface area contributed by atoms with E-state index >= 15 is 0 Å². The van der Waals surface area contributed by atoms with E-state index in [1.165, 1.54) is 18.8 Å². The van der Waals surface area contributed by atoms with Crippen molar-refractivity contribution in [2.45, 2.75) is 24.5 Å². The average Bonchev–Trinajstić information content (AvgIpc) is 2.22. The second kappa shape index (κ2) is 1.44. The van der Waals surface area contributed by atoms with Crippen LogP contribution in [-0.2, 0) is 0 Å². The van der Waals surface area contributed by atoms with E-state index in [1.807, 2.05) is 4.38 Å². The van der Waals surface area contributed by atoms with Gasteiger partial charge in [-0.25, -0.2) is 0 Å². The van der Waals surface area contributed by atoms with Crippen molar-refractivity contribution in [1.82, 2.24) is 0 Å². The summed E-state index contributed by atoms with van der Waals surface area (Å²) in [6.45, 7) is 0. The number of hydrogen-bond acceptors (Lipinski definition) is 0. The van der Waals surface area contributed by atoms with Gasteiger partial charge in [0, 0.05) is 0 Å². The fourth-order valence-corrected chi connectivity index (χ4v) is 3.62. The van der Waals surface area contributed by atoms with Crippen LogP contribution in [-0.4, -0.2) is 19.2 Å². The van der Waals surface area contributed by atoms with Crippen molar-refractivity contribution >= 4 is 19.2 Å². The normalized spacial score (nSPS) is 35.4. The molecule has 0 saturated heterocycles. The molecular formula is C6H9Al. The number of fused-ring (bicyclic) bond motifs is 2. The van der Waals surface area contributed by atoms with Gasteiger partial charge in [0.2, 0.25) is 0 Å². The summed E-state index contributed by atoms with van der Waals surface area (Å²) in [6.07, 6.45) is 4.59. The first-order valence-corrected chi connectivity index (χ1v) is 4.52. The van der Waals surface area contributed by atoms with E-state index in [2.05, 4.69) is 0 Å². The van der Waals surface area contributed by atoms with Crippen LogP contribution in [0.15, 0.2) is 0 Å². The van der Waals surface area contributed by atoms with Crippen LogP contribution in [0.2, 0.25) is 5.28 Å². The minimum absolute atomic E-state index is 0.845. The van der Waals surface area contributed by atoms with Crippen LogP contribution < -0.4 is 0 Å². The van der Waals surface area contributed by atoms with Gasteiger partial charge in [-0.3, -0.25) is 0 Å². The molecule has 0 radical (unpaired) electrons. The van der Waals surface area contributed by atoms with Crippen molar-refractivity contribution < 1.29 is 0 Å². The van der Waals surface area contributed by atoms with Crippen LogP contribution in [0.25, 0.3) is 0 Å². The van der Waals surface area contributed by atoms with E-state index in [4.69, 9.17) is 0 Å². The fraction of sp³-hybridized carbons (Fsp3) is 0.833. The molecule has 1 heteroatoms. The summed E-state index contributed by atoms with van der Waals surface area (Å²) in [5, 5.41) is 1.61.